The largest absolute Gasteiger partial charge is 0.497 e. The highest BCUT2D eigenvalue weighted by atomic mass is 16.5. The number of carbonyl (C=O) groups is 1. The fourth-order valence-electron chi connectivity index (χ4n) is 3.92. The van der Waals surface area contributed by atoms with Crippen molar-refractivity contribution in [2.45, 2.75) is 6.92 Å². The van der Waals surface area contributed by atoms with Gasteiger partial charge in [-0.05, 0) is 29.8 Å². The zero-order chi connectivity index (χ0) is 18.5. The first-order chi connectivity index (χ1) is 13.2. The normalized spacial score (nSPS) is 11.5. The highest BCUT2D eigenvalue weighted by Gasteiger charge is 2.18. The molecular formula is C23H18N2O2. The van der Waals surface area contributed by atoms with E-state index in [1.54, 1.807) is 14.0 Å². The quantitative estimate of drug-likeness (QED) is 0.438. The van der Waals surface area contributed by atoms with Crippen molar-refractivity contribution in [3.8, 4) is 16.9 Å². The number of hydrogen-bond acceptors (Lipinski definition) is 2. The van der Waals surface area contributed by atoms with Gasteiger partial charge in [0.15, 0.2) is 5.78 Å². The summed E-state index contributed by atoms with van der Waals surface area (Å²) in [4.78, 5) is 16.0. The summed E-state index contributed by atoms with van der Waals surface area (Å²) in [5, 5.41) is 2.27. The van der Waals surface area contributed by atoms with Crippen LogP contribution in [-0.4, -0.2) is 22.3 Å². The van der Waals surface area contributed by atoms with Crippen molar-refractivity contribution in [3.63, 3.8) is 0 Å². The Kier molecular flexibility index (Phi) is 3.34. The first kappa shape index (κ1) is 15.7. The van der Waals surface area contributed by atoms with Gasteiger partial charge in [-0.2, -0.15) is 0 Å². The molecule has 0 bridgehead atoms. The number of ketones is 1. The maximum atomic E-state index is 12.5. The van der Waals surface area contributed by atoms with Crippen molar-refractivity contribution < 1.29 is 9.53 Å². The molecule has 5 aromatic rings. The number of benzene rings is 2. The Balaban J connectivity index is 1.89. The summed E-state index contributed by atoms with van der Waals surface area (Å²) in [5.74, 6) is 0.862. The van der Waals surface area contributed by atoms with Crippen LogP contribution in [0.5, 0.6) is 5.75 Å². The molecule has 0 saturated heterocycles. The Morgan fingerprint density at radius 1 is 1.00 bits per heavy atom. The number of nitrogens with one attached hydrogen (secondary N) is 1. The molecule has 5 rings (SSSR count). The van der Waals surface area contributed by atoms with Gasteiger partial charge in [-0.15, -0.1) is 0 Å². The second-order valence-corrected chi connectivity index (χ2v) is 6.73. The van der Waals surface area contributed by atoms with Crippen LogP contribution >= 0.6 is 0 Å². The lowest BCUT2D eigenvalue weighted by Gasteiger charge is -2.04. The summed E-state index contributed by atoms with van der Waals surface area (Å²) in [5.41, 5.74) is 5.72. The Labute approximate surface area is 156 Å². The lowest BCUT2D eigenvalue weighted by molar-refractivity contribution is 0.101. The number of nitrogens with zero attached hydrogens (tertiary/aromatic N) is 1. The number of pyridine rings is 1. The molecule has 0 atom stereocenters. The number of aromatic nitrogens is 2. The Hall–Kier alpha value is -3.53. The van der Waals surface area contributed by atoms with E-state index in [4.69, 9.17) is 4.74 Å². The molecule has 4 heteroatoms. The molecule has 0 saturated carbocycles. The second-order valence-electron chi connectivity index (χ2n) is 6.73. The second kappa shape index (κ2) is 5.74. The van der Waals surface area contributed by atoms with Gasteiger partial charge in [0.25, 0.3) is 0 Å². The molecule has 1 N–H and O–H groups in total. The third kappa shape index (κ3) is 2.27. The van der Waals surface area contributed by atoms with E-state index in [1.807, 2.05) is 53.1 Å². The third-order valence-corrected chi connectivity index (χ3v) is 5.15. The van der Waals surface area contributed by atoms with E-state index in [-0.39, 0.29) is 5.78 Å². The number of fused-ring (bicyclic) bond motifs is 5. The Morgan fingerprint density at radius 2 is 1.81 bits per heavy atom. The van der Waals surface area contributed by atoms with Gasteiger partial charge in [-0.3, -0.25) is 4.79 Å². The molecule has 3 aromatic heterocycles. The van der Waals surface area contributed by atoms with Crippen molar-refractivity contribution in [1.29, 1.82) is 0 Å². The average molecular weight is 354 g/mol. The van der Waals surface area contributed by atoms with E-state index >= 15 is 0 Å². The molecule has 0 unspecified atom stereocenters. The van der Waals surface area contributed by atoms with Gasteiger partial charge in [0, 0.05) is 35.5 Å². The first-order valence-electron chi connectivity index (χ1n) is 8.87. The van der Waals surface area contributed by atoms with E-state index in [0.29, 0.717) is 5.69 Å². The standard InChI is InChI=1S/C23H18N2O2/c1-14(26)23-19(15-6-4-3-5-7-15)13-21-22-18(10-11-25(21)23)17-9-8-16(27-2)12-20(17)24-22/h3-13,24H,1-2H3. The zero-order valence-electron chi connectivity index (χ0n) is 15.1. The fourth-order valence-corrected chi connectivity index (χ4v) is 3.92. The third-order valence-electron chi connectivity index (χ3n) is 5.15. The number of carbonyl (C=O) groups excluding carboxylic acids is 1. The van der Waals surface area contributed by atoms with Crippen LogP contribution < -0.4 is 4.74 Å². The SMILES string of the molecule is COc1ccc2c(c1)[nH]c1c2ccn2c(C(C)=O)c(-c3ccccc3)cc12. The summed E-state index contributed by atoms with van der Waals surface area (Å²) in [7, 11) is 1.67. The molecule has 0 amide bonds. The molecule has 2 aromatic carbocycles. The molecular weight excluding hydrogens is 336 g/mol. The molecule has 0 aliphatic rings. The summed E-state index contributed by atoms with van der Waals surface area (Å²) >= 11 is 0. The van der Waals surface area contributed by atoms with Crippen molar-refractivity contribution in [2.75, 3.05) is 7.11 Å². The highest BCUT2D eigenvalue weighted by molar-refractivity contribution is 6.14. The smallest absolute Gasteiger partial charge is 0.177 e. The van der Waals surface area contributed by atoms with Gasteiger partial charge >= 0.3 is 0 Å². The van der Waals surface area contributed by atoms with Crippen LogP contribution in [0.25, 0.3) is 38.4 Å². The first-order valence-corrected chi connectivity index (χ1v) is 8.87. The lowest BCUT2D eigenvalue weighted by atomic mass is 10.0. The monoisotopic (exact) mass is 354 g/mol. The van der Waals surface area contributed by atoms with Gasteiger partial charge < -0.3 is 14.1 Å². The molecule has 27 heavy (non-hydrogen) atoms. The van der Waals surface area contributed by atoms with Crippen LogP contribution in [0.3, 0.4) is 0 Å². The van der Waals surface area contributed by atoms with Crippen LogP contribution in [0.15, 0.2) is 66.9 Å². The number of H-pyrrole nitrogens is 1. The van der Waals surface area contributed by atoms with Gasteiger partial charge in [-0.25, -0.2) is 0 Å². The number of hydrogen-bond donors (Lipinski definition) is 1. The van der Waals surface area contributed by atoms with Crippen molar-refractivity contribution in [3.05, 3.63) is 72.6 Å². The highest BCUT2D eigenvalue weighted by Crippen LogP contribution is 2.35. The van der Waals surface area contributed by atoms with Gasteiger partial charge in [-0.1, -0.05) is 30.3 Å². The van der Waals surface area contributed by atoms with E-state index in [1.165, 1.54) is 0 Å². The van der Waals surface area contributed by atoms with Crippen LogP contribution in [-0.2, 0) is 0 Å². The minimum absolute atomic E-state index is 0.0472. The minimum atomic E-state index is 0.0472. The number of aromatic amines is 1. The molecule has 132 valence electrons. The topological polar surface area (TPSA) is 46.5 Å². The van der Waals surface area contributed by atoms with Crippen molar-refractivity contribution in [2.24, 2.45) is 0 Å². The minimum Gasteiger partial charge on any atom is -0.497 e. The average Bonchev–Trinajstić information content (AvgIpc) is 3.26. The summed E-state index contributed by atoms with van der Waals surface area (Å²) in [6, 6.07) is 20.2. The number of Topliss-reactive ketones (excluding diaryl/α,β-unsaturated/α-hetero) is 1. The van der Waals surface area contributed by atoms with Crippen LogP contribution in [0.4, 0.5) is 0 Å². The van der Waals surface area contributed by atoms with Crippen molar-refractivity contribution >= 4 is 33.1 Å². The number of methoxy groups -OCH3 is 1. The summed E-state index contributed by atoms with van der Waals surface area (Å²) in [6.45, 7) is 1.62. The zero-order valence-corrected chi connectivity index (χ0v) is 15.1. The van der Waals surface area contributed by atoms with Gasteiger partial charge in [0.2, 0.25) is 0 Å². The predicted molar refractivity (Wildman–Crippen MR) is 109 cm³/mol. The van der Waals surface area contributed by atoms with Gasteiger partial charge in [0.05, 0.1) is 29.4 Å². The van der Waals surface area contributed by atoms with Crippen LogP contribution in [0.1, 0.15) is 17.4 Å². The number of rotatable bonds is 3. The maximum absolute atomic E-state index is 12.5. The molecule has 0 radical (unpaired) electrons. The van der Waals surface area contributed by atoms with E-state index < -0.39 is 0 Å². The molecule has 0 aliphatic carbocycles. The Morgan fingerprint density at radius 3 is 2.56 bits per heavy atom. The lowest BCUT2D eigenvalue weighted by Crippen LogP contribution is -2.00. The van der Waals surface area contributed by atoms with Crippen LogP contribution in [0, 0.1) is 0 Å². The Bertz CT molecular complexity index is 1330. The number of ether oxygens (including phenoxy) is 1. The van der Waals surface area contributed by atoms with E-state index in [2.05, 4.69) is 23.2 Å². The molecule has 0 spiro atoms. The maximum Gasteiger partial charge on any atom is 0.177 e. The summed E-state index contributed by atoms with van der Waals surface area (Å²) in [6.07, 6.45) is 1.98. The van der Waals surface area contributed by atoms with E-state index in [0.717, 1.165) is 44.2 Å². The molecule has 3 heterocycles. The fraction of sp³-hybridized carbons (Fsp3) is 0.0870. The molecule has 4 nitrogen and oxygen atoms in total. The van der Waals surface area contributed by atoms with Crippen LogP contribution in [0.2, 0.25) is 0 Å². The molecule has 0 aliphatic heterocycles. The molecule has 0 fully saturated rings. The summed E-state index contributed by atoms with van der Waals surface area (Å²) < 4.78 is 7.33. The van der Waals surface area contributed by atoms with E-state index in [9.17, 15) is 4.79 Å². The van der Waals surface area contributed by atoms with Crippen molar-refractivity contribution in [1.82, 2.24) is 9.38 Å². The predicted octanol–water partition coefficient (Wildman–Crippen LogP) is 5.45. The van der Waals surface area contributed by atoms with Gasteiger partial charge in [0.1, 0.15) is 5.75 Å².